The van der Waals surface area contributed by atoms with E-state index in [9.17, 15) is 0 Å². The van der Waals surface area contributed by atoms with Crippen LogP contribution in [0.2, 0.25) is 5.15 Å². The molecule has 1 N–H and O–H groups in total. The second-order valence-corrected chi connectivity index (χ2v) is 4.09. The molecule has 1 fully saturated rings. The Morgan fingerprint density at radius 2 is 2.13 bits per heavy atom. The van der Waals surface area contributed by atoms with Crippen molar-refractivity contribution in [3.8, 4) is 5.88 Å². The van der Waals surface area contributed by atoms with Crippen molar-refractivity contribution in [3.05, 3.63) is 17.3 Å². The van der Waals surface area contributed by atoms with Crippen LogP contribution >= 0.6 is 11.6 Å². The fourth-order valence-electron chi connectivity index (χ4n) is 1.63. The van der Waals surface area contributed by atoms with E-state index in [4.69, 9.17) is 16.3 Å². The Morgan fingerprint density at radius 3 is 2.80 bits per heavy atom. The highest BCUT2D eigenvalue weighted by Crippen LogP contribution is 2.14. The highest BCUT2D eigenvalue weighted by molar-refractivity contribution is 6.29. The van der Waals surface area contributed by atoms with Gasteiger partial charge in [0.25, 0.3) is 0 Å². The Kier molecular flexibility index (Phi) is 3.75. The quantitative estimate of drug-likeness (QED) is 0.851. The minimum Gasteiger partial charge on any atom is -0.476 e. The summed E-state index contributed by atoms with van der Waals surface area (Å²) in [5.41, 5.74) is 0. The molecule has 15 heavy (non-hydrogen) atoms. The van der Waals surface area contributed by atoms with Crippen molar-refractivity contribution in [2.24, 2.45) is 5.92 Å². The van der Waals surface area contributed by atoms with E-state index in [-0.39, 0.29) is 0 Å². The molecule has 5 heteroatoms. The average molecular weight is 228 g/mol. The smallest absolute Gasteiger partial charge is 0.233 e. The number of nitrogens with one attached hydrogen (secondary N) is 1. The number of hydrogen-bond acceptors (Lipinski definition) is 4. The lowest BCUT2D eigenvalue weighted by molar-refractivity contribution is 0.207. The molecule has 0 atom stereocenters. The van der Waals surface area contributed by atoms with Crippen molar-refractivity contribution in [1.29, 1.82) is 0 Å². The van der Waals surface area contributed by atoms with E-state index in [0.717, 1.165) is 19.7 Å². The molecule has 1 aromatic heterocycles. The van der Waals surface area contributed by atoms with Crippen LogP contribution in [0.5, 0.6) is 5.88 Å². The third-order valence-electron chi connectivity index (χ3n) is 2.53. The van der Waals surface area contributed by atoms with Gasteiger partial charge in [0, 0.05) is 6.07 Å². The van der Waals surface area contributed by atoms with E-state index in [1.54, 1.807) is 12.1 Å². The number of rotatable bonds is 3. The molecule has 1 aliphatic rings. The fraction of sp³-hybridized carbons (Fsp3) is 0.600. The summed E-state index contributed by atoms with van der Waals surface area (Å²) in [7, 11) is 0. The molecule has 2 heterocycles. The molecule has 0 bridgehead atoms. The molecule has 4 nitrogen and oxygen atoms in total. The van der Waals surface area contributed by atoms with E-state index in [2.05, 4.69) is 15.5 Å². The molecule has 1 aromatic rings. The van der Waals surface area contributed by atoms with Crippen molar-refractivity contribution in [1.82, 2.24) is 15.5 Å². The summed E-state index contributed by atoms with van der Waals surface area (Å²) in [6.07, 6.45) is 2.34. The highest BCUT2D eigenvalue weighted by Gasteiger charge is 2.13. The van der Waals surface area contributed by atoms with Crippen molar-refractivity contribution >= 4 is 11.6 Å². The average Bonchev–Trinajstić information content (AvgIpc) is 2.30. The van der Waals surface area contributed by atoms with E-state index in [1.807, 2.05) is 0 Å². The van der Waals surface area contributed by atoms with Gasteiger partial charge in [0.05, 0.1) is 6.61 Å². The van der Waals surface area contributed by atoms with Gasteiger partial charge in [-0.1, -0.05) is 11.6 Å². The van der Waals surface area contributed by atoms with Gasteiger partial charge in [-0.2, -0.15) is 0 Å². The second-order valence-electron chi connectivity index (χ2n) is 3.70. The second kappa shape index (κ2) is 5.28. The normalized spacial score (nSPS) is 17.7. The van der Waals surface area contributed by atoms with Gasteiger partial charge >= 0.3 is 0 Å². The minimum atomic E-state index is 0.393. The predicted octanol–water partition coefficient (Wildman–Crippen LogP) is 1.51. The monoisotopic (exact) mass is 227 g/mol. The first kappa shape index (κ1) is 10.6. The van der Waals surface area contributed by atoms with Gasteiger partial charge in [0.2, 0.25) is 5.88 Å². The third-order valence-corrected chi connectivity index (χ3v) is 2.73. The first-order chi connectivity index (χ1) is 7.34. The summed E-state index contributed by atoms with van der Waals surface area (Å²) < 4.78 is 5.54. The molecular weight excluding hydrogens is 214 g/mol. The number of aromatic nitrogens is 2. The van der Waals surface area contributed by atoms with Crippen LogP contribution in [0.25, 0.3) is 0 Å². The molecule has 1 saturated heterocycles. The number of nitrogens with zero attached hydrogens (tertiary/aromatic N) is 2. The van der Waals surface area contributed by atoms with E-state index in [0.29, 0.717) is 17.0 Å². The zero-order valence-corrected chi connectivity index (χ0v) is 9.20. The topological polar surface area (TPSA) is 47.0 Å². The first-order valence-corrected chi connectivity index (χ1v) is 5.55. The van der Waals surface area contributed by atoms with Gasteiger partial charge in [0.1, 0.15) is 0 Å². The zero-order chi connectivity index (χ0) is 10.5. The van der Waals surface area contributed by atoms with Gasteiger partial charge in [-0.25, -0.2) is 0 Å². The SMILES string of the molecule is Clc1ccc(OCC2CCNCC2)nn1. The lowest BCUT2D eigenvalue weighted by atomic mass is 9.99. The van der Waals surface area contributed by atoms with Gasteiger partial charge in [-0.05, 0) is 37.9 Å². The van der Waals surface area contributed by atoms with Gasteiger partial charge < -0.3 is 10.1 Å². The molecule has 0 aliphatic carbocycles. The summed E-state index contributed by atoms with van der Waals surface area (Å²) >= 11 is 5.62. The molecule has 1 aliphatic heterocycles. The Balaban J connectivity index is 1.79. The standard InChI is InChI=1S/C10H14ClN3O/c11-9-1-2-10(14-13-9)15-7-8-3-5-12-6-4-8/h1-2,8,12H,3-7H2. The minimum absolute atomic E-state index is 0.393. The molecule has 82 valence electrons. The maximum absolute atomic E-state index is 5.62. The molecule has 0 amide bonds. The molecule has 0 aromatic carbocycles. The maximum atomic E-state index is 5.62. The summed E-state index contributed by atoms with van der Waals surface area (Å²) in [6, 6.07) is 3.43. The Labute approximate surface area is 94.0 Å². The molecule has 0 spiro atoms. The van der Waals surface area contributed by atoms with E-state index < -0.39 is 0 Å². The van der Waals surface area contributed by atoms with Crippen LogP contribution in [0.1, 0.15) is 12.8 Å². The fourth-order valence-corrected chi connectivity index (χ4v) is 1.73. The predicted molar refractivity (Wildman–Crippen MR) is 58.1 cm³/mol. The summed E-state index contributed by atoms with van der Waals surface area (Å²) in [5, 5.41) is 11.3. The summed E-state index contributed by atoms with van der Waals surface area (Å²) in [6.45, 7) is 2.89. The molecular formula is C10H14ClN3O. The Bertz CT molecular complexity index is 298. The third kappa shape index (κ3) is 3.32. The van der Waals surface area contributed by atoms with Gasteiger partial charge in [-0.3, -0.25) is 0 Å². The molecule has 2 rings (SSSR count). The molecule has 0 unspecified atom stereocenters. The van der Waals surface area contributed by atoms with Crippen molar-refractivity contribution < 1.29 is 4.74 Å². The lowest BCUT2D eigenvalue weighted by Gasteiger charge is -2.22. The maximum Gasteiger partial charge on any atom is 0.233 e. The number of halogens is 1. The van der Waals surface area contributed by atoms with Crippen LogP contribution in [0.3, 0.4) is 0 Å². The van der Waals surface area contributed by atoms with E-state index in [1.165, 1.54) is 12.8 Å². The van der Waals surface area contributed by atoms with Gasteiger partial charge in [-0.15, -0.1) is 10.2 Å². The highest BCUT2D eigenvalue weighted by atomic mass is 35.5. The Morgan fingerprint density at radius 1 is 1.33 bits per heavy atom. The van der Waals surface area contributed by atoms with Crippen molar-refractivity contribution in [2.75, 3.05) is 19.7 Å². The van der Waals surface area contributed by atoms with Crippen LogP contribution in [0.15, 0.2) is 12.1 Å². The zero-order valence-electron chi connectivity index (χ0n) is 8.45. The van der Waals surface area contributed by atoms with Crippen LogP contribution in [0.4, 0.5) is 0 Å². The molecule has 0 saturated carbocycles. The van der Waals surface area contributed by atoms with E-state index >= 15 is 0 Å². The number of ether oxygens (including phenoxy) is 1. The first-order valence-electron chi connectivity index (χ1n) is 5.17. The molecule has 0 radical (unpaired) electrons. The number of hydrogen-bond donors (Lipinski definition) is 1. The number of piperidine rings is 1. The van der Waals surface area contributed by atoms with Crippen LogP contribution in [0, 0.1) is 5.92 Å². The van der Waals surface area contributed by atoms with Gasteiger partial charge in [0.15, 0.2) is 5.15 Å². The summed E-state index contributed by atoms with van der Waals surface area (Å²) in [5.74, 6) is 1.18. The van der Waals surface area contributed by atoms with Crippen molar-refractivity contribution in [3.63, 3.8) is 0 Å². The lowest BCUT2D eigenvalue weighted by Crippen LogP contribution is -2.30. The van der Waals surface area contributed by atoms with Crippen LogP contribution in [-0.2, 0) is 0 Å². The Hall–Kier alpha value is -0.870. The van der Waals surface area contributed by atoms with Crippen LogP contribution < -0.4 is 10.1 Å². The van der Waals surface area contributed by atoms with Crippen LogP contribution in [-0.4, -0.2) is 29.9 Å². The van der Waals surface area contributed by atoms with Crippen molar-refractivity contribution in [2.45, 2.75) is 12.8 Å². The largest absolute Gasteiger partial charge is 0.476 e. The summed E-state index contributed by atoms with van der Waals surface area (Å²) in [4.78, 5) is 0.